The largest absolute Gasteiger partial charge is 0.486 e. The number of hydrogen-bond donors (Lipinski definition) is 0. The average Bonchev–Trinajstić information content (AvgIpc) is 2.75. The Morgan fingerprint density at radius 2 is 1.55 bits per heavy atom. The minimum absolute atomic E-state index is 0.0921. The van der Waals surface area contributed by atoms with Gasteiger partial charge in [0.15, 0.2) is 11.6 Å². The Morgan fingerprint density at radius 3 is 2.21 bits per heavy atom. The fraction of sp³-hybridized carbons (Fsp3) is 0.385. The van der Waals surface area contributed by atoms with Gasteiger partial charge in [-0.05, 0) is 67.2 Å². The molecule has 29 heavy (non-hydrogen) atoms. The van der Waals surface area contributed by atoms with E-state index in [9.17, 15) is 8.78 Å². The molecule has 0 atom stereocenters. The third kappa shape index (κ3) is 5.56. The summed E-state index contributed by atoms with van der Waals surface area (Å²) in [6.45, 7) is 7.50. The third-order valence-corrected chi connectivity index (χ3v) is 5.98. The van der Waals surface area contributed by atoms with Gasteiger partial charge in [-0.1, -0.05) is 55.8 Å². The fourth-order valence-electron chi connectivity index (χ4n) is 4.23. The summed E-state index contributed by atoms with van der Waals surface area (Å²) < 4.78 is 33.8. The van der Waals surface area contributed by atoms with Crippen LogP contribution < -0.4 is 4.74 Å². The van der Waals surface area contributed by atoms with Crippen LogP contribution >= 0.6 is 0 Å². The second-order valence-electron chi connectivity index (χ2n) is 7.99. The summed E-state index contributed by atoms with van der Waals surface area (Å²) in [5.41, 5.74) is 2.17. The van der Waals surface area contributed by atoms with Gasteiger partial charge in [0.1, 0.15) is 6.61 Å². The maximum Gasteiger partial charge on any atom is 0.201 e. The van der Waals surface area contributed by atoms with Crippen LogP contribution in [0.3, 0.4) is 0 Å². The molecule has 2 aromatic carbocycles. The predicted octanol–water partition coefficient (Wildman–Crippen LogP) is 7.51. The molecule has 0 spiro atoms. The van der Waals surface area contributed by atoms with Crippen LogP contribution in [0.15, 0.2) is 61.7 Å². The summed E-state index contributed by atoms with van der Waals surface area (Å²) >= 11 is 0. The molecule has 0 amide bonds. The maximum atomic E-state index is 14.5. The summed E-state index contributed by atoms with van der Waals surface area (Å²) in [5, 5.41) is 0. The average molecular weight is 397 g/mol. The van der Waals surface area contributed by atoms with Gasteiger partial charge in [0, 0.05) is 5.56 Å². The molecule has 154 valence electrons. The second kappa shape index (κ2) is 10.4. The van der Waals surface area contributed by atoms with Gasteiger partial charge in [0.2, 0.25) is 5.82 Å². The lowest BCUT2D eigenvalue weighted by atomic mass is 9.78. The van der Waals surface area contributed by atoms with Crippen LogP contribution in [0, 0.1) is 23.5 Å². The monoisotopic (exact) mass is 396 g/mol. The van der Waals surface area contributed by atoms with Crippen molar-refractivity contribution in [1.82, 2.24) is 0 Å². The van der Waals surface area contributed by atoms with Crippen molar-refractivity contribution >= 4 is 0 Å². The quantitative estimate of drug-likeness (QED) is 0.398. The highest BCUT2D eigenvalue weighted by Crippen LogP contribution is 2.34. The van der Waals surface area contributed by atoms with Crippen molar-refractivity contribution in [3.63, 3.8) is 0 Å². The molecular formula is C26H30F2O. The first-order valence-electron chi connectivity index (χ1n) is 10.5. The first-order valence-corrected chi connectivity index (χ1v) is 10.5. The Morgan fingerprint density at radius 1 is 0.862 bits per heavy atom. The molecule has 0 bridgehead atoms. The lowest BCUT2D eigenvalue weighted by Crippen LogP contribution is -2.14. The summed E-state index contributed by atoms with van der Waals surface area (Å²) in [4.78, 5) is 0. The summed E-state index contributed by atoms with van der Waals surface area (Å²) in [6, 6.07) is 10.8. The molecule has 1 saturated carbocycles. The fourth-order valence-corrected chi connectivity index (χ4v) is 4.23. The minimum Gasteiger partial charge on any atom is -0.486 e. The van der Waals surface area contributed by atoms with Gasteiger partial charge in [-0.25, -0.2) is 4.39 Å². The van der Waals surface area contributed by atoms with E-state index >= 15 is 0 Å². The lowest BCUT2D eigenvalue weighted by molar-refractivity contribution is 0.265. The molecule has 1 fully saturated rings. The van der Waals surface area contributed by atoms with Crippen molar-refractivity contribution in [2.75, 3.05) is 6.61 Å². The molecule has 3 heteroatoms. The molecule has 0 unspecified atom stereocenters. The van der Waals surface area contributed by atoms with Crippen molar-refractivity contribution in [3.05, 3.63) is 78.9 Å². The molecule has 1 nitrogen and oxygen atoms in total. The number of aryl methyl sites for hydroxylation is 1. The van der Waals surface area contributed by atoms with E-state index in [1.165, 1.54) is 49.8 Å². The molecule has 0 aliphatic heterocycles. The second-order valence-corrected chi connectivity index (χ2v) is 7.99. The Labute approximate surface area is 173 Å². The molecule has 0 heterocycles. The summed E-state index contributed by atoms with van der Waals surface area (Å²) in [5.74, 6) is -0.307. The van der Waals surface area contributed by atoms with Gasteiger partial charge in [-0.15, -0.1) is 6.58 Å². The zero-order valence-electron chi connectivity index (χ0n) is 17.0. The smallest absolute Gasteiger partial charge is 0.201 e. The molecule has 0 radical (unpaired) electrons. The van der Waals surface area contributed by atoms with Crippen molar-refractivity contribution < 1.29 is 13.5 Å². The highest BCUT2D eigenvalue weighted by molar-refractivity contribution is 5.65. The van der Waals surface area contributed by atoms with Crippen LogP contribution in [0.25, 0.3) is 11.1 Å². The van der Waals surface area contributed by atoms with Gasteiger partial charge >= 0.3 is 0 Å². The van der Waals surface area contributed by atoms with Crippen LogP contribution in [0.5, 0.6) is 5.75 Å². The summed E-state index contributed by atoms with van der Waals surface area (Å²) in [6.07, 6.45) is 12.1. The van der Waals surface area contributed by atoms with E-state index in [4.69, 9.17) is 4.74 Å². The number of allylic oxidation sites excluding steroid dienone is 1. The zero-order valence-corrected chi connectivity index (χ0v) is 17.0. The number of benzene rings is 2. The van der Waals surface area contributed by atoms with E-state index < -0.39 is 11.6 Å². The highest BCUT2D eigenvalue weighted by atomic mass is 19.2. The number of ether oxygens (including phenoxy) is 1. The molecule has 0 N–H and O–H groups in total. The molecule has 0 aromatic heterocycles. The third-order valence-electron chi connectivity index (χ3n) is 5.98. The molecule has 1 aliphatic carbocycles. The van der Waals surface area contributed by atoms with Crippen LogP contribution in [0.4, 0.5) is 8.78 Å². The topological polar surface area (TPSA) is 9.23 Å². The zero-order chi connectivity index (χ0) is 20.6. The highest BCUT2D eigenvalue weighted by Gasteiger charge is 2.20. The van der Waals surface area contributed by atoms with Crippen molar-refractivity contribution in [3.8, 4) is 16.9 Å². The van der Waals surface area contributed by atoms with Gasteiger partial charge in [0.05, 0.1) is 0 Å². The van der Waals surface area contributed by atoms with E-state index in [0.717, 1.165) is 24.7 Å². The van der Waals surface area contributed by atoms with E-state index in [1.54, 1.807) is 6.07 Å². The standard InChI is InChI=1S/C26H30F2O/c1-3-5-19-6-8-20(9-7-19)10-11-21-12-14-22(15-13-21)23-16-17-24(29-18-4-2)26(28)25(23)27/h3-4,12-17,19-20H,1-2,5-11,18H2/t19-,20-. The van der Waals surface area contributed by atoms with E-state index in [1.807, 2.05) is 30.3 Å². The minimum atomic E-state index is -0.958. The molecular weight excluding hydrogens is 366 g/mol. The van der Waals surface area contributed by atoms with Crippen LogP contribution in [0.1, 0.15) is 44.1 Å². The number of hydrogen-bond acceptors (Lipinski definition) is 1. The van der Waals surface area contributed by atoms with Crippen LogP contribution in [-0.4, -0.2) is 6.61 Å². The van der Waals surface area contributed by atoms with Crippen LogP contribution in [0.2, 0.25) is 0 Å². The maximum absolute atomic E-state index is 14.5. The van der Waals surface area contributed by atoms with Gasteiger partial charge in [0.25, 0.3) is 0 Å². The first-order chi connectivity index (χ1) is 14.1. The first kappa shape index (κ1) is 21.3. The predicted molar refractivity (Wildman–Crippen MR) is 116 cm³/mol. The Hall–Kier alpha value is -2.42. The number of halogens is 2. The van der Waals surface area contributed by atoms with Crippen molar-refractivity contribution in [1.29, 1.82) is 0 Å². The Balaban J connectivity index is 1.58. The summed E-state index contributed by atoms with van der Waals surface area (Å²) in [7, 11) is 0. The van der Waals surface area contributed by atoms with Crippen LogP contribution in [-0.2, 0) is 6.42 Å². The Kier molecular flexibility index (Phi) is 7.62. The Bertz CT molecular complexity index is 817. The van der Waals surface area contributed by atoms with E-state index in [-0.39, 0.29) is 17.9 Å². The molecule has 2 aromatic rings. The van der Waals surface area contributed by atoms with Gasteiger partial charge in [-0.2, -0.15) is 4.39 Å². The van der Waals surface area contributed by atoms with Crippen molar-refractivity contribution in [2.45, 2.75) is 44.9 Å². The molecule has 1 aliphatic rings. The normalized spacial score (nSPS) is 19.0. The molecule has 0 saturated heterocycles. The van der Waals surface area contributed by atoms with Gasteiger partial charge in [-0.3, -0.25) is 0 Å². The molecule has 3 rings (SSSR count). The van der Waals surface area contributed by atoms with E-state index in [0.29, 0.717) is 5.56 Å². The van der Waals surface area contributed by atoms with Crippen molar-refractivity contribution in [2.24, 2.45) is 11.8 Å². The van der Waals surface area contributed by atoms with E-state index in [2.05, 4.69) is 13.2 Å². The number of rotatable bonds is 9. The lowest BCUT2D eigenvalue weighted by Gasteiger charge is -2.27. The van der Waals surface area contributed by atoms with Gasteiger partial charge < -0.3 is 4.74 Å². The SMILES string of the molecule is C=CCOc1ccc(-c2ccc(CC[C@H]3CC[C@H](CC=C)CC3)cc2)c(F)c1F.